The van der Waals surface area contributed by atoms with E-state index in [9.17, 15) is 9.90 Å². The minimum Gasteiger partial charge on any atom is -0.508 e. The average molecular weight is 292 g/mol. The summed E-state index contributed by atoms with van der Waals surface area (Å²) in [6, 6.07) is 6.76. The second kappa shape index (κ2) is 5.96. The van der Waals surface area contributed by atoms with Crippen molar-refractivity contribution in [3.05, 3.63) is 24.3 Å². The van der Waals surface area contributed by atoms with E-state index in [2.05, 4.69) is 10.2 Å². The van der Waals surface area contributed by atoms with E-state index < -0.39 is 0 Å². The van der Waals surface area contributed by atoms with Crippen molar-refractivity contribution in [2.45, 2.75) is 5.16 Å². The van der Waals surface area contributed by atoms with Crippen molar-refractivity contribution in [2.75, 3.05) is 19.8 Å². The van der Waals surface area contributed by atoms with Gasteiger partial charge in [-0.05, 0) is 24.3 Å². The molecule has 1 amide bonds. The monoisotopic (exact) mass is 292 g/mol. The van der Waals surface area contributed by atoms with Crippen LogP contribution in [-0.2, 0) is 11.8 Å². The summed E-state index contributed by atoms with van der Waals surface area (Å²) in [5, 5.41) is 18.2. The highest BCUT2D eigenvalue weighted by atomic mass is 32.2. The molecule has 2 aromatic rings. The standard InChI is InChI=1S/C13H16N4O2S/c1-16(2)11(19)8-20-13-15-14-12(17(13)3)9-4-6-10(18)7-5-9/h4-7,18H,8H2,1-3H3. The molecule has 0 aliphatic carbocycles. The smallest absolute Gasteiger partial charge is 0.232 e. The first-order chi connectivity index (χ1) is 9.49. The molecule has 20 heavy (non-hydrogen) atoms. The normalized spacial score (nSPS) is 10.6. The number of hydrogen-bond donors (Lipinski definition) is 1. The Labute approximate surface area is 121 Å². The van der Waals surface area contributed by atoms with Crippen LogP contribution in [0.25, 0.3) is 11.4 Å². The third-order valence-corrected chi connectivity index (χ3v) is 3.79. The molecule has 0 aliphatic rings. The maximum atomic E-state index is 11.6. The van der Waals surface area contributed by atoms with Crippen LogP contribution < -0.4 is 0 Å². The van der Waals surface area contributed by atoms with E-state index in [0.717, 1.165) is 5.56 Å². The Bertz CT molecular complexity index is 607. The number of aromatic nitrogens is 3. The lowest BCUT2D eigenvalue weighted by Crippen LogP contribution is -2.23. The maximum absolute atomic E-state index is 11.6. The zero-order valence-electron chi connectivity index (χ0n) is 11.6. The third kappa shape index (κ3) is 3.11. The lowest BCUT2D eigenvalue weighted by molar-refractivity contribution is -0.125. The minimum atomic E-state index is 0.0317. The number of carbonyl (C=O) groups is 1. The van der Waals surface area contributed by atoms with E-state index in [1.165, 1.54) is 11.8 Å². The summed E-state index contributed by atoms with van der Waals surface area (Å²) >= 11 is 1.35. The number of nitrogens with zero attached hydrogens (tertiary/aromatic N) is 4. The molecule has 0 spiro atoms. The van der Waals surface area contributed by atoms with Crippen molar-refractivity contribution < 1.29 is 9.90 Å². The average Bonchev–Trinajstić information content (AvgIpc) is 2.78. The van der Waals surface area contributed by atoms with Crippen LogP contribution in [0.15, 0.2) is 29.4 Å². The second-order valence-corrected chi connectivity index (χ2v) is 5.43. The number of rotatable bonds is 4. The summed E-state index contributed by atoms with van der Waals surface area (Å²) in [7, 11) is 5.30. The van der Waals surface area contributed by atoms with Crippen LogP contribution in [0.5, 0.6) is 5.75 Å². The van der Waals surface area contributed by atoms with E-state index in [1.807, 2.05) is 11.6 Å². The number of thioether (sulfide) groups is 1. The molecular weight excluding hydrogens is 276 g/mol. The van der Waals surface area contributed by atoms with Gasteiger partial charge in [0, 0.05) is 26.7 Å². The van der Waals surface area contributed by atoms with E-state index >= 15 is 0 Å². The number of hydrogen-bond acceptors (Lipinski definition) is 5. The van der Waals surface area contributed by atoms with Crippen LogP contribution in [0.1, 0.15) is 0 Å². The fourth-order valence-corrected chi connectivity index (χ4v) is 2.45. The molecule has 0 bridgehead atoms. The molecule has 0 atom stereocenters. The van der Waals surface area contributed by atoms with Crippen LogP contribution in [0, 0.1) is 0 Å². The molecule has 0 fully saturated rings. The van der Waals surface area contributed by atoms with Gasteiger partial charge in [-0.2, -0.15) is 0 Å². The van der Waals surface area contributed by atoms with E-state index in [0.29, 0.717) is 16.7 Å². The Hall–Kier alpha value is -2.02. The highest BCUT2D eigenvalue weighted by Crippen LogP contribution is 2.24. The fourth-order valence-electron chi connectivity index (χ4n) is 1.56. The van der Waals surface area contributed by atoms with Crippen LogP contribution in [-0.4, -0.2) is 50.5 Å². The molecule has 0 radical (unpaired) electrons. The maximum Gasteiger partial charge on any atom is 0.232 e. The molecule has 0 saturated heterocycles. The predicted octanol–water partition coefficient (Wildman–Crippen LogP) is 1.37. The Morgan fingerprint density at radius 2 is 1.95 bits per heavy atom. The minimum absolute atomic E-state index is 0.0317. The molecule has 1 aromatic heterocycles. The number of aromatic hydroxyl groups is 1. The highest BCUT2D eigenvalue weighted by molar-refractivity contribution is 7.99. The number of carbonyl (C=O) groups excluding carboxylic acids is 1. The van der Waals surface area contributed by atoms with Crippen LogP contribution >= 0.6 is 11.8 Å². The lowest BCUT2D eigenvalue weighted by Gasteiger charge is -2.09. The molecular formula is C13H16N4O2S. The Morgan fingerprint density at radius 3 is 2.55 bits per heavy atom. The van der Waals surface area contributed by atoms with Gasteiger partial charge in [0.2, 0.25) is 5.91 Å². The van der Waals surface area contributed by atoms with Gasteiger partial charge in [0.25, 0.3) is 0 Å². The van der Waals surface area contributed by atoms with Gasteiger partial charge in [0.1, 0.15) is 5.75 Å². The molecule has 106 valence electrons. The zero-order valence-corrected chi connectivity index (χ0v) is 12.4. The molecule has 1 heterocycles. The van der Waals surface area contributed by atoms with Crippen LogP contribution in [0.3, 0.4) is 0 Å². The summed E-state index contributed by atoms with van der Waals surface area (Å²) < 4.78 is 1.83. The lowest BCUT2D eigenvalue weighted by atomic mass is 10.2. The molecule has 1 N–H and O–H groups in total. The second-order valence-electron chi connectivity index (χ2n) is 4.49. The molecule has 0 unspecified atom stereocenters. The van der Waals surface area contributed by atoms with Crippen LogP contribution in [0.4, 0.5) is 0 Å². The Kier molecular flexibility index (Phi) is 4.29. The zero-order chi connectivity index (χ0) is 14.7. The van der Waals surface area contributed by atoms with Gasteiger partial charge in [-0.1, -0.05) is 11.8 Å². The van der Waals surface area contributed by atoms with Crippen molar-refractivity contribution in [3.63, 3.8) is 0 Å². The van der Waals surface area contributed by atoms with E-state index in [-0.39, 0.29) is 11.7 Å². The van der Waals surface area contributed by atoms with Crippen molar-refractivity contribution in [1.82, 2.24) is 19.7 Å². The first-order valence-corrected chi connectivity index (χ1v) is 6.99. The van der Waals surface area contributed by atoms with Crippen molar-refractivity contribution in [3.8, 4) is 17.1 Å². The summed E-state index contributed by atoms with van der Waals surface area (Å²) in [6.07, 6.45) is 0. The van der Waals surface area contributed by atoms with Crippen molar-refractivity contribution >= 4 is 17.7 Å². The summed E-state index contributed by atoms with van der Waals surface area (Å²) in [4.78, 5) is 13.1. The highest BCUT2D eigenvalue weighted by Gasteiger charge is 2.13. The Balaban J connectivity index is 2.15. The van der Waals surface area contributed by atoms with E-state index in [4.69, 9.17) is 0 Å². The number of benzene rings is 1. The molecule has 6 nitrogen and oxygen atoms in total. The van der Waals surface area contributed by atoms with Gasteiger partial charge < -0.3 is 14.6 Å². The molecule has 2 rings (SSSR count). The molecule has 1 aromatic carbocycles. The quantitative estimate of drug-likeness (QED) is 0.862. The number of phenols is 1. The first kappa shape index (κ1) is 14.4. The SMILES string of the molecule is CN(C)C(=O)CSc1nnc(-c2ccc(O)cc2)n1C. The molecule has 0 saturated carbocycles. The van der Waals surface area contributed by atoms with Gasteiger partial charge in [-0.25, -0.2) is 0 Å². The summed E-state index contributed by atoms with van der Waals surface area (Å²) in [5.41, 5.74) is 0.864. The summed E-state index contributed by atoms with van der Waals surface area (Å²) in [5.74, 6) is 1.27. The van der Waals surface area contributed by atoms with E-state index in [1.54, 1.807) is 43.3 Å². The number of phenolic OH excluding ortho intramolecular Hbond substituents is 1. The summed E-state index contributed by atoms with van der Waals surface area (Å²) in [6.45, 7) is 0. The topological polar surface area (TPSA) is 71.2 Å². The predicted molar refractivity (Wildman–Crippen MR) is 77.5 cm³/mol. The van der Waals surface area contributed by atoms with Crippen molar-refractivity contribution in [1.29, 1.82) is 0 Å². The number of amides is 1. The van der Waals surface area contributed by atoms with Gasteiger partial charge in [-0.3, -0.25) is 4.79 Å². The first-order valence-electron chi connectivity index (χ1n) is 6.01. The van der Waals surface area contributed by atoms with Gasteiger partial charge in [-0.15, -0.1) is 10.2 Å². The van der Waals surface area contributed by atoms with Gasteiger partial charge in [0.15, 0.2) is 11.0 Å². The fraction of sp³-hybridized carbons (Fsp3) is 0.308. The molecule has 0 aliphatic heterocycles. The largest absolute Gasteiger partial charge is 0.508 e. The van der Waals surface area contributed by atoms with Crippen molar-refractivity contribution in [2.24, 2.45) is 7.05 Å². The van der Waals surface area contributed by atoms with Gasteiger partial charge in [0.05, 0.1) is 5.75 Å². The molecule has 7 heteroatoms. The third-order valence-electron chi connectivity index (χ3n) is 2.78. The van der Waals surface area contributed by atoms with Gasteiger partial charge >= 0.3 is 0 Å². The van der Waals surface area contributed by atoms with Crippen LogP contribution in [0.2, 0.25) is 0 Å². The Morgan fingerprint density at radius 1 is 1.30 bits per heavy atom.